The highest BCUT2D eigenvalue weighted by Gasteiger charge is 2.27. The van der Waals surface area contributed by atoms with Gasteiger partial charge in [-0.15, -0.1) is 0 Å². The summed E-state index contributed by atoms with van der Waals surface area (Å²) < 4.78 is 0. The van der Waals surface area contributed by atoms with Crippen molar-refractivity contribution in [1.29, 1.82) is 0 Å². The molecule has 0 saturated heterocycles. The van der Waals surface area contributed by atoms with Crippen molar-refractivity contribution in [2.45, 2.75) is 19.3 Å². The molecule has 0 unspecified atom stereocenters. The van der Waals surface area contributed by atoms with Gasteiger partial charge in [-0.05, 0) is 23.8 Å². The first-order valence-electron chi connectivity index (χ1n) is 7.03. The van der Waals surface area contributed by atoms with Crippen molar-refractivity contribution < 1.29 is 19.5 Å². The summed E-state index contributed by atoms with van der Waals surface area (Å²) in [5.74, 6) is -1.34. The minimum Gasteiger partial charge on any atom is -0.481 e. The Morgan fingerprint density at radius 1 is 1.36 bits per heavy atom. The maximum atomic E-state index is 12.0. The van der Waals surface area contributed by atoms with E-state index in [-0.39, 0.29) is 31.7 Å². The van der Waals surface area contributed by atoms with Crippen LogP contribution in [0.15, 0.2) is 18.2 Å². The molecule has 1 aromatic rings. The molecule has 1 heterocycles. The highest BCUT2D eigenvalue weighted by molar-refractivity contribution is 6.02. The lowest BCUT2D eigenvalue weighted by atomic mass is 10.1. The largest absolute Gasteiger partial charge is 0.481 e. The first kappa shape index (κ1) is 15.8. The molecule has 0 spiro atoms. The van der Waals surface area contributed by atoms with Crippen LogP contribution in [0.4, 0.5) is 11.4 Å². The normalized spacial score (nSPS) is 13.1. The van der Waals surface area contributed by atoms with E-state index in [0.29, 0.717) is 6.54 Å². The van der Waals surface area contributed by atoms with Crippen molar-refractivity contribution in [3.63, 3.8) is 0 Å². The van der Waals surface area contributed by atoms with Crippen LogP contribution in [-0.2, 0) is 20.8 Å². The standard InChI is InChI=1S/C15H19N3O4/c1-17(6-5-15(21)22)11-2-3-12-10(8-11)9-14(20)18(12)7-4-13(16)19/h2-3,8H,4-7,9H2,1H3,(H2,16,19)(H,21,22). The summed E-state index contributed by atoms with van der Waals surface area (Å²) in [6.07, 6.45) is 0.470. The Balaban J connectivity index is 2.12. The molecule has 1 aliphatic heterocycles. The molecule has 7 nitrogen and oxygen atoms in total. The summed E-state index contributed by atoms with van der Waals surface area (Å²) in [5, 5.41) is 8.72. The van der Waals surface area contributed by atoms with Gasteiger partial charge in [0.25, 0.3) is 0 Å². The van der Waals surface area contributed by atoms with E-state index < -0.39 is 11.9 Å². The number of carboxylic acid groups (broad SMARTS) is 1. The van der Waals surface area contributed by atoms with Gasteiger partial charge < -0.3 is 20.6 Å². The lowest BCUT2D eigenvalue weighted by Gasteiger charge is -2.20. The van der Waals surface area contributed by atoms with Crippen LogP contribution in [-0.4, -0.2) is 43.0 Å². The number of nitrogens with two attached hydrogens (primary N) is 1. The number of rotatable bonds is 7. The van der Waals surface area contributed by atoms with Gasteiger partial charge in [0.2, 0.25) is 11.8 Å². The maximum absolute atomic E-state index is 12.0. The molecule has 0 saturated carbocycles. The van der Waals surface area contributed by atoms with Gasteiger partial charge in [-0.1, -0.05) is 0 Å². The molecule has 3 N–H and O–H groups in total. The molecule has 2 amide bonds. The van der Waals surface area contributed by atoms with E-state index in [1.807, 2.05) is 30.1 Å². The first-order valence-corrected chi connectivity index (χ1v) is 7.03. The first-order chi connectivity index (χ1) is 10.4. The summed E-state index contributed by atoms with van der Waals surface area (Å²) in [4.78, 5) is 36.9. The zero-order valence-corrected chi connectivity index (χ0v) is 12.4. The second kappa shape index (κ2) is 6.46. The van der Waals surface area contributed by atoms with Gasteiger partial charge >= 0.3 is 5.97 Å². The highest BCUT2D eigenvalue weighted by Crippen LogP contribution is 2.32. The average molecular weight is 305 g/mol. The molecule has 0 bridgehead atoms. The Bertz CT molecular complexity index is 615. The second-order valence-electron chi connectivity index (χ2n) is 5.32. The fraction of sp³-hybridized carbons (Fsp3) is 0.400. The summed E-state index contributed by atoms with van der Waals surface area (Å²) in [7, 11) is 1.81. The number of nitrogens with zero attached hydrogens (tertiary/aromatic N) is 2. The number of carboxylic acids is 1. The van der Waals surface area contributed by atoms with Crippen molar-refractivity contribution in [1.82, 2.24) is 0 Å². The lowest BCUT2D eigenvalue weighted by molar-refractivity contribution is -0.136. The quantitative estimate of drug-likeness (QED) is 0.757. The van der Waals surface area contributed by atoms with Crippen molar-refractivity contribution in [3.8, 4) is 0 Å². The van der Waals surface area contributed by atoms with E-state index >= 15 is 0 Å². The van der Waals surface area contributed by atoms with Crippen LogP contribution in [0, 0.1) is 0 Å². The third kappa shape index (κ3) is 3.55. The summed E-state index contributed by atoms with van der Waals surface area (Å²) >= 11 is 0. The highest BCUT2D eigenvalue weighted by atomic mass is 16.4. The van der Waals surface area contributed by atoms with Crippen LogP contribution in [0.3, 0.4) is 0 Å². The van der Waals surface area contributed by atoms with Crippen molar-refractivity contribution >= 4 is 29.2 Å². The van der Waals surface area contributed by atoms with Gasteiger partial charge in [-0.25, -0.2) is 0 Å². The number of aliphatic carboxylic acids is 1. The minimum absolute atomic E-state index is 0.0528. The SMILES string of the molecule is CN(CCC(=O)O)c1ccc2c(c1)CC(=O)N2CCC(N)=O. The van der Waals surface area contributed by atoms with Gasteiger partial charge in [0.15, 0.2) is 0 Å². The molecule has 1 aliphatic rings. The van der Waals surface area contributed by atoms with Crippen LogP contribution >= 0.6 is 0 Å². The van der Waals surface area contributed by atoms with E-state index in [2.05, 4.69) is 0 Å². The molecule has 0 aromatic heterocycles. The molecule has 0 radical (unpaired) electrons. The van der Waals surface area contributed by atoms with Gasteiger partial charge in [0, 0.05) is 37.9 Å². The molecule has 1 aromatic carbocycles. The Morgan fingerprint density at radius 2 is 2.09 bits per heavy atom. The summed E-state index contributed by atoms with van der Waals surface area (Å²) in [6.45, 7) is 0.683. The average Bonchev–Trinajstić information content (AvgIpc) is 2.76. The van der Waals surface area contributed by atoms with Crippen LogP contribution < -0.4 is 15.5 Å². The number of primary amides is 1. The molecular weight excluding hydrogens is 286 g/mol. The fourth-order valence-electron chi connectivity index (χ4n) is 2.47. The Labute approximate surface area is 128 Å². The number of hydrogen-bond acceptors (Lipinski definition) is 4. The molecule has 0 aliphatic carbocycles. The van der Waals surface area contributed by atoms with Crippen LogP contribution in [0.1, 0.15) is 18.4 Å². The monoisotopic (exact) mass is 305 g/mol. The fourth-order valence-corrected chi connectivity index (χ4v) is 2.47. The number of fused-ring (bicyclic) bond motifs is 1. The van der Waals surface area contributed by atoms with E-state index in [1.165, 1.54) is 0 Å². The number of hydrogen-bond donors (Lipinski definition) is 2. The molecule has 7 heteroatoms. The molecule has 118 valence electrons. The summed E-state index contributed by atoms with van der Waals surface area (Å²) in [6, 6.07) is 5.56. The van der Waals surface area contributed by atoms with E-state index in [1.54, 1.807) is 4.90 Å². The van der Waals surface area contributed by atoms with Crippen LogP contribution in [0.2, 0.25) is 0 Å². The zero-order valence-electron chi connectivity index (χ0n) is 12.4. The van der Waals surface area contributed by atoms with Crippen LogP contribution in [0.25, 0.3) is 0 Å². The molecular formula is C15H19N3O4. The Morgan fingerprint density at radius 3 is 2.73 bits per heavy atom. The Kier molecular flexibility index (Phi) is 4.65. The van der Waals surface area contributed by atoms with Gasteiger partial charge in [-0.2, -0.15) is 0 Å². The molecule has 22 heavy (non-hydrogen) atoms. The number of anilines is 2. The predicted octanol–water partition coefficient (Wildman–Crippen LogP) is 0.362. The number of benzene rings is 1. The van der Waals surface area contributed by atoms with E-state index in [9.17, 15) is 14.4 Å². The maximum Gasteiger partial charge on any atom is 0.305 e. The lowest BCUT2D eigenvalue weighted by Crippen LogP contribution is -2.30. The summed E-state index contributed by atoms with van der Waals surface area (Å²) in [5.41, 5.74) is 7.67. The molecule has 0 atom stereocenters. The zero-order chi connectivity index (χ0) is 16.3. The number of carbonyl (C=O) groups is 3. The van der Waals surface area contributed by atoms with E-state index in [4.69, 9.17) is 10.8 Å². The van der Waals surface area contributed by atoms with Gasteiger partial charge in [0.05, 0.1) is 12.8 Å². The van der Waals surface area contributed by atoms with Gasteiger partial charge in [-0.3, -0.25) is 14.4 Å². The minimum atomic E-state index is -0.846. The topological polar surface area (TPSA) is 104 Å². The third-order valence-corrected chi connectivity index (χ3v) is 3.68. The van der Waals surface area contributed by atoms with Crippen molar-refractivity contribution in [2.24, 2.45) is 5.73 Å². The van der Waals surface area contributed by atoms with Crippen LogP contribution in [0.5, 0.6) is 0 Å². The molecule has 0 fully saturated rings. The number of carbonyl (C=O) groups excluding carboxylic acids is 2. The smallest absolute Gasteiger partial charge is 0.305 e. The van der Waals surface area contributed by atoms with Crippen molar-refractivity contribution in [3.05, 3.63) is 23.8 Å². The predicted molar refractivity (Wildman–Crippen MR) is 81.8 cm³/mol. The Hall–Kier alpha value is -2.57. The molecule has 2 rings (SSSR count). The second-order valence-corrected chi connectivity index (χ2v) is 5.32. The van der Waals surface area contributed by atoms with Crippen molar-refractivity contribution in [2.75, 3.05) is 29.9 Å². The van der Waals surface area contributed by atoms with E-state index in [0.717, 1.165) is 16.9 Å². The number of amides is 2. The van der Waals surface area contributed by atoms with Gasteiger partial charge in [0.1, 0.15) is 0 Å². The third-order valence-electron chi connectivity index (χ3n) is 3.68.